The third-order valence-electron chi connectivity index (χ3n) is 3.76. The lowest BCUT2D eigenvalue weighted by atomic mass is 10.0. The van der Waals surface area contributed by atoms with Crippen LogP contribution in [0.2, 0.25) is 0 Å². The number of amides is 1. The first kappa shape index (κ1) is 25.2. The molecule has 23 heavy (non-hydrogen) atoms. The Hall–Kier alpha value is -0.0700. The number of hydrogen-bond donors (Lipinski definition) is 2. The molecular weight excluding hydrogens is 337 g/mol. The van der Waals surface area contributed by atoms with Gasteiger partial charge in [-0.05, 0) is 45.6 Å². The number of morpholine rings is 1. The minimum Gasteiger partial charge on any atom is -0.373 e. The maximum atomic E-state index is 11.8. The molecule has 1 fully saturated rings. The van der Waals surface area contributed by atoms with Gasteiger partial charge in [-0.1, -0.05) is 13.8 Å². The number of ether oxygens (including phenoxy) is 1. The summed E-state index contributed by atoms with van der Waals surface area (Å²) in [5.41, 5.74) is 5.85. The Kier molecular flexibility index (Phi) is 14.5. The van der Waals surface area contributed by atoms with Crippen LogP contribution in [0.3, 0.4) is 0 Å². The van der Waals surface area contributed by atoms with Gasteiger partial charge in [-0.3, -0.25) is 9.69 Å². The van der Waals surface area contributed by atoms with Crippen LogP contribution in [0.5, 0.6) is 0 Å². The number of carbonyl (C=O) groups is 1. The van der Waals surface area contributed by atoms with Gasteiger partial charge in [-0.2, -0.15) is 0 Å². The van der Waals surface area contributed by atoms with E-state index in [-0.39, 0.29) is 36.8 Å². The van der Waals surface area contributed by atoms with E-state index in [1.807, 2.05) is 0 Å². The predicted molar refractivity (Wildman–Crippen MR) is 101 cm³/mol. The molecule has 7 heteroatoms. The summed E-state index contributed by atoms with van der Waals surface area (Å²) in [7, 11) is 0. The quantitative estimate of drug-likeness (QED) is 0.641. The number of nitrogens with two attached hydrogens (primary N) is 1. The van der Waals surface area contributed by atoms with E-state index < -0.39 is 0 Å². The smallest absolute Gasteiger partial charge is 0.236 e. The maximum absolute atomic E-state index is 11.8. The molecule has 1 aliphatic heterocycles. The van der Waals surface area contributed by atoms with Crippen molar-refractivity contribution in [2.45, 2.75) is 65.2 Å². The van der Waals surface area contributed by atoms with E-state index in [9.17, 15) is 4.79 Å². The number of nitrogens with one attached hydrogen (secondary N) is 1. The Morgan fingerprint density at radius 3 is 2.30 bits per heavy atom. The standard InChI is InChI=1S/C16H33N3O2.2ClH/c1-12(2)9-15(17)16(20)18-7-5-6-8-19-10-13(3)21-14(4)11-19;;/h12-15H,5-11,17H2,1-4H3,(H,18,20);2*1H/t13?,14?,15-;;/m0../s1. The fraction of sp³-hybridized carbons (Fsp3) is 0.938. The Bertz CT molecular complexity index is 310. The van der Waals surface area contributed by atoms with Crippen LogP contribution < -0.4 is 11.1 Å². The van der Waals surface area contributed by atoms with Crippen molar-refractivity contribution in [1.29, 1.82) is 0 Å². The molecule has 1 aliphatic rings. The van der Waals surface area contributed by atoms with Gasteiger partial charge in [0.1, 0.15) is 0 Å². The molecule has 0 radical (unpaired) electrons. The number of rotatable bonds is 8. The summed E-state index contributed by atoms with van der Waals surface area (Å²) in [4.78, 5) is 14.2. The molecule has 3 atom stereocenters. The predicted octanol–water partition coefficient (Wildman–Crippen LogP) is 2.21. The molecule has 0 aromatic rings. The van der Waals surface area contributed by atoms with Crippen LogP contribution in [0.25, 0.3) is 0 Å². The Morgan fingerprint density at radius 1 is 1.22 bits per heavy atom. The molecule has 3 N–H and O–H groups in total. The highest BCUT2D eigenvalue weighted by Crippen LogP contribution is 2.11. The largest absolute Gasteiger partial charge is 0.373 e. The van der Waals surface area contributed by atoms with Crippen LogP contribution in [-0.4, -0.2) is 55.2 Å². The van der Waals surface area contributed by atoms with E-state index in [0.29, 0.717) is 18.1 Å². The lowest BCUT2D eigenvalue weighted by molar-refractivity contribution is -0.122. The Morgan fingerprint density at radius 2 is 1.78 bits per heavy atom. The summed E-state index contributed by atoms with van der Waals surface area (Å²) in [5, 5.41) is 2.94. The van der Waals surface area contributed by atoms with Crippen LogP contribution in [0, 0.1) is 5.92 Å². The first-order valence-corrected chi connectivity index (χ1v) is 8.29. The summed E-state index contributed by atoms with van der Waals surface area (Å²) in [5.74, 6) is 0.438. The third-order valence-corrected chi connectivity index (χ3v) is 3.76. The third kappa shape index (κ3) is 11.2. The summed E-state index contributed by atoms with van der Waals surface area (Å²) >= 11 is 0. The highest BCUT2D eigenvalue weighted by Gasteiger charge is 2.21. The van der Waals surface area contributed by atoms with Gasteiger partial charge in [-0.15, -0.1) is 24.8 Å². The monoisotopic (exact) mass is 371 g/mol. The first-order chi connectivity index (χ1) is 9.88. The molecule has 1 saturated heterocycles. The van der Waals surface area contributed by atoms with Crippen molar-refractivity contribution in [3.63, 3.8) is 0 Å². The zero-order valence-electron chi connectivity index (χ0n) is 14.9. The van der Waals surface area contributed by atoms with Gasteiger partial charge in [0.25, 0.3) is 0 Å². The fourth-order valence-corrected chi connectivity index (χ4v) is 2.88. The molecular formula is C16H35Cl2N3O2. The fourth-order valence-electron chi connectivity index (χ4n) is 2.88. The lowest BCUT2D eigenvalue weighted by Crippen LogP contribution is -2.45. The van der Waals surface area contributed by atoms with Gasteiger partial charge in [0.2, 0.25) is 5.91 Å². The average Bonchev–Trinajstić information content (AvgIpc) is 2.36. The molecule has 1 heterocycles. The molecule has 1 rings (SSSR count). The minimum atomic E-state index is -0.369. The van der Waals surface area contributed by atoms with Gasteiger partial charge in [0.05, 0.1) is 18.2 Å². The second-order valence-electron chi connectivity index (χ2n) is 6.75. The second kappa shape index (κ2) is 13.2. The maximum Gasteiger partial charge on any atom is 0.236 e. The van der Waals surface area contributed by atoms with E-state index in [0.717, 1.165) is 45.4 Å². The van der Waals surface area contributed by atoms with Crippen LogP contribution >= 0.6 is 24.8 Å². The topological polar surface area (TPSA) is 67.6 Å². The van der Waals surface area contributed by atoms with E-state index in [1.54, 1.807) is 0 Å². The molecule has 0 aliphatic carbocycles. The Balaban J connectivity index is 0. The first-order valence-electron chi connectivity index (χ1n) is 8.29. The van der Waals surface area contributed by atoms with Crippen molar-refractivity contribution >= 4 is 30.7 Å². The number of nitrogens with zero attached hydrogens (tertiary/aromatic N) is 1. The zero-order chi connectivity index (χ0) is 15.8. The van der Waals surface area contributed by atoms with E-state index in [1.165, 1.54) is 0 Å². The van der Waals surface area contributed by atoms with Crippen molar-refractivity contribution in [2.24, 2.45) is 11.7 Å². The molecule has 0 bridgehead atoms. The summed E-state index contributed by atoms with van der Waals surface area (Å²) in [6.07, 6.45) is 3.49. The number of hydrogen-bond acceptors (Lipinski definition) is 4. The number of carbonyl (C=O) groups excluding carboxylic acids is 1. The number of halogens is 2. The molecule has 140 valence electrons. The highest BCUT2D eigenvalue weighted by atomic mass is 35.5. The van der Waals surface area contributed by atoms with Crippen LogP contribution in [0.4, 0.5) is 0 Å². The van der Waals surface area contributed by atoms with Gasteiger partial charge in [0.15, 0.2) is 0 Å². The highest BCUT2D eigenvalue weighted by molar-refractivity contribution is 5.85. The van der Waals surface area contributed by atoms with Gasteiger partial charge < -0.3 is 15.8 Å². The average molecular weight is 372 g/mol. The van der Waals surface area contributed by atoms with Crippen molar-refractivity contribution in [3.8, 4) is 0 Å². The number of unbranched alkanes of at least 4 members (excludes halogenated alkanes) is 1. The zero-order valence-corrected chi connectivity index (χ0v) is 16.5. The van der Waals surface area contributed by atoms with Crippen LogP contribution in [0.1, 0.15) is 47.0 Å². The Labute approximate surface area is 153 Å². The normalized spacial score (nSPS) is 22.9. The van der Waals surface area contributed by atoms with E-state index in [2.05, 4.69) is 37.9 Å². The van der Waals surface area contributed by atoms with Crippen LogP contribution in [-0.2, 0) is 9.53 Å². The molecule has 0 aromatic heterocycles. The minimum absolute atomic E-state index is 0. The van der Waals surface area contributed by atoms with Gasteiger partial charge >= 0.3 is 0 Å². The molecule has 5 nitrogen and oxygen atoms in total. The molecule has 1 amide bonds. The van der Waals surface area contributed by atoms with Crippen molar-refractivity contribution in [1.82, 2.24) is 10.2 Å². The van der Waals surface area contributed by atoms with Crippen molar-refractivity contribution in [3.05, 3.63) is 0 Å². The molecule has 0 aromatic carbocycles. The van der Waals surface area contributed by atoms with E-state index >= 15 is 0 Å². The van der Waals surface area contributed by atoms with Gasteiger partial charge in [-0.25, -0.2) is 0 Å². The van der Waals surface area contributed by atoms with Gasteiger partial charge in [0, 0.05) is 19.6 Å². The summed E-state index contributed by atoms with van der Waals surface area (Å²) in [6, 6.07) is -0.369. The summed E-state index contributed by atoms with van der Waals surface area (Å²) in [6.45, 7) is 12.2. The summed E-state index contributed by atoms with van der Waals surface area (Å²) < 4.78 is 5.72. The second-order valence-corrected chi connectivity index (χ2v) is 6.75. The van der Waals surface area contributed by atoms with Crippen molar-refractivity contribution in [2.75, 3.05) is 26.2 Å². The lowest BCUT2D eigenvalue weighted by Gasteiger charge is -2.35. The van der Waals surface area contributed by atoms with Crippen LogP contribution in [0.15, 0.2) is 0 Å². The van der Waals surface area contributed by atoms with E-state index in [4.69, 9.17) is 10.5 Å². The SMILES string of the molecule is CC(C)C[C@H](N)C(=O)NCCCCN1CC(C)OC(C)C1.Cl.Cl. The molecule has 0 saturated carbocycles. The van der Waals surface area contributed by atoms with Crippen molar-refractivity contribution < 1.29 is 9.53 Å². The molecule has 2 unspecified atom stereocenters. The molecule has 0 spiro atoms.